The van der Waals surface area contributed by atoms with Gasteiger partial charge in [0.2, 0.25) is 10.0 Å². The highest BCUT2D eigenvalue weighted by molar-refractivity contribution is 7.89. The molecule has 0 radical (unpaired) electrons. The van der Waals surface area contributed by atoms with Crippen LogP contribution in [-0.2, 0) is 14.8 Å². The molecule has 10 heteroatoms. The Bertz CT molecular complexity index is 1020. The van der Waals surface area contributed by atoms with Crippen molar-refractivity contribution >= 4 is 21.6 Å². The maximum Gasteiger partial charge on any atom is 0.255 e. The van der Waals surface area contributed by atoms with Crippen molar-refractivity contribution < 1.29 is 31.5 Å². The van der Waals surface area contributed by atoms with Crippen LogP contribution in [0.5, 0.6) is 5.75 Å². The molecule has 1 aliphatic rings. The SMILES string of the molecule is CC(C)Oc1ccc(S(=O)(=O)N2CCOCC2)cc1NC(=O)c1cc(F)cc(F)c1. The van der Waals surface area contributed by atoms with Crippen LogP contribution in [0.25, 0.3) is 0 Å². The van der Waals surface area contributed by atoms with E-state index in [1.165, 1.54) is 22.5 Å². The maximum absolute atomic E-state index is 13.5. The number of morpholine rings is 1. The highest BCUT2D eigenvalue weighted by Gasteiger charge is 2.27. The Morgan fingerprint density at radius 3 is 2.33 bits per heavy atom. The summed E-state index contributed by atoms with van der Waals surface area (Å²) in [6.45, 7) is 4.57. The molecule has 2 aromatic carbocycles. The van der Waals surface area contributed by atoms with Crippen molar-refractivity contribution in [3.05, 3.63) is 53.6 Å². The molecule has 0 spiro atoms. The number of nitrogens with zero attached hydrogens (tertiary/aromatic N) is 1. The number of hydrogen-bond donors (Lipinski definition) is 1. The summed E-state index contributed by atoms with van der Waals surface area (Å²) in [5.74, 6) is -2.37. The van der Waals surface area contributed by atoms with Crippen LogP contribution in [0, 0.1) is 11.6 Å². The highest BCUT2D eigenvalue weighted by atomic mass is 32.2. The van der Waals surface area contributed by atoms with Crippen LogP contribution < -0.4 is 10.1 Å². The zero-order chi connectivity index (χ0) is 21.9. The van der Waals surface area contributed by atoms with Gasteiger partial charge in [-0.2, -0.15) is 4.31 Å². The first-order valence-corrected chi connectivity index (χ1v) is 10.8. The van der Waals surface area contributed by atoms with E-state index in [9.17, 15) is 22.0 Å². The Morgan fingerprint density at radius 1 is 1.10 bits per heavy atom. The Labute approximate surface area is 173 Å². The van der Waals surface area contributed by atoms with Gasteiger partial charge in [-0.3, -0.25) is 4.79 Å². The summed E-state index contributed by atoms with van der Waals surface area (Å²) in [5, 5.41) is 2.50. The fourth-order valence-corrected chi connectivity index (χ4v) is 4.37. The molecule has 162 valence electrons. The molecular formula is C20H22F2N2O5S. The Kier molecular flexibility index (Phi) is 6.69. The average molecular weight is 440 g/mol. The predicted molar refractivity (Wildman–Crippen MR) is 106 cm³/mol. The van der Waals surface area contributed by atoms with Crippen molar-refractivity contribution in [3.8, 4) is 5.75 Å². The lowest BCUT2D eigenvalue weighted by Crippen LogP contribution is -2.40. The zero-order valence-electron chi connectivity index (χ0n) is 16.5. The van der Waals surface area contributed by atoms with E-state index in [4.69, 9.17) is 9.47 Å². The fraction of sp³-hybridized carbons (Fsp3) is 0.350. The first-order valence-electron chi connectivity index (χ1n) is 9.33. The lowest BCUT2D eigenvalue weighted by Gasteiger charge is -2.26. The van der Waals surface area contributed by atoms with Gasteiger partial charge in [0.1, 0.15) is 17.4 Å². The van der Waals surface area contributed by atoms with E-state index >= 15 is 0 Å². The molecule has 0 unspecified atom stereocenters. The van der Waals surface area contributed by atoms with Crippen LogP contribution in [0.1, 0.15) is 24.2 Å². The molecule has 1 fully saturated rings. The smallest absolute Gasteiger partial charge is 0.255 e. The minimum atomic E-state index is -3.82. The number of nitrogens with one attached hydrogen (secondary N) is 1. The molecule has 0 aromatic heterocycles. The number of benzene rings is 2. The number of sulfonamides is 1. The molecule has 2 aromatic rings. The predicted octanol–water partition coefficient (Wildman–Crippen LogP) is 3.03. The summed E-state index contributed by atoms with van der Waals surface area (Å²) in [4.78, 5) is 12.5. The molecule has 0 atom stereocenters. The van der Waals surface area contributed by atoms with Crippen LogP contribution >= 0.6 is 0 Å². The van der Waals surface area contributed by atoms with Crippen LogP contribution in [0.3, 0.4) is 0 Å². The quantitative estimate of drug-likeness (QED) is 0.747. The van der Waals surface area contributed by atoms with Gasteiger partial charge in [0.25, 0.3) is 5.91 Å². The summed E-state index contributed by atoms with van der Waals surface area (Å²) >= 11 is 0. The fourth-order valence-electron chi connectivity index (χ4n) is 2.94. The van der Waals surface area contributed by atoms with Crippen molar-refractivity contribution in [3.63, 3.8) is 0 Å². The van der Waals surface area contributed by atoms with Crippen molar-refractivity contribution in [1.29, 1.82) is 0 Å². The molecule has 0 saturated carbocycles. The van der Waals surface area contributed by atoms with E-state index in [0.29, 0.717) is 19.3 Å². The second kappa shape index (κ2) is 9.07. The molecule has 0 aliphatic carbocycles. The molecule has 1 N–H and O–H groups in total. The van der Waals surface area contributed by atoms with Crippen molar-refractivity contribution in [2.75, 3.05) is 31.6 Å². The van der Waals surface area contributed by atoms with Gasteiger partial charge in [-0.05, 0) is 44.2 Å². The Balaban J connectivity index is 1.96. The van der Waals surface area contributed by atoms with Gasteiger partial charge in [0, 0.05) is 24.7 Å². The maximum atomic E-state index is 13.5. The number of hydrogen-bond acceptors (Lipinski definition) is 5. The minimum Gasteiger partial charge on any atom is -0.489 e. The molecule has 30 heavy (non-hydrogen) atoms. The highest BCUT2D eigenvalue weighted by Crippen LogP contribution is 2.31. The number of anilines is 1. The third-order valence-electron chi connectivity index (χ3n) is 4.29. The Hall–Kier alpha value is -2.56. The van der Waals surface area contributed by atoms with E-state index in [1.807, 2.05) is 0 Å². The van der Waals surface area contributed by atoms with Crippen molar-refractivity contribution in [1.82, 2.24) is 4.31 Å². The lowest BCUT2D eigenvalue weighted by molar-refractivity contribution is 0.0730. The van der Waals surface area contributed by atoms with Gasteiger partial charge in [0.15, 0.2) is 0 Å². The number of ether oxygens (including phenoxy) is 2. The minimum absolute atomic E-state index is 0.0405. The molecule has 1 aliphatic heterocycles. The summed E-state index contributed by atoms with van der Waals surface area (Å²) in [6.07, 6.45) is -0.256. The van der Waals surface area contributed by atoms with Crippen LogP contribution in [0.15, 0.2) is 41.3 Å². The molecule has 7 nitrogen and oxygen atoms in total. The molecule has 3 rings (SSSR count). The van der Waals surface area contributed by atoms with Crippen LogP contribution in [0.2, 0.25) is 0 Å². The molecular weight excluding hydrogens is 418 g/mol. The van der Waals surface area contributed by atoms with E-state index in [0.717, 1.165) is 12.1 Å². The van der Waals surface area contributed by atoms with Crippen LogP contribution in [0.4, 0.5) is 14.5 Å². The summed E-state index contributed by atoms with van der Waals surface area (Å²) in [6, 6.07) is 6.52. The van der Waals surface area contributed by atoms with Gasteiger partial charge in [-0.1, -0.05) is 0 Å². The van der Waals surface area contributed by atoms with Gasteiger partial charge in [0.05, 0.1) is 29.9 Å². The molecule has 0 bridgehead atoms. The largest absolute Gasteiger partial charge is 0.489 e. The first kappa shape index (κ1) is 22.1. The lowest BCUT2D eigenvalue weighted by atomic mass is 10.2. The third kappa shape index (κ3) is 5.13. The van der Waals surface area contributed by atoms with Gasteiger partial charge >= 0.3 is 0 Å². The number of rotatable bonds is 6. The summed E-state index contributed by atoms with van der Waals surface area (Å²) < 4.78 is 64.9. The molecule has 1 amide bonds. The van der Waals surface area contributed by atoms with Crippen molar-refractivity contribution in [2.24, 2.45) is 0 Å². The van der Waals surface area contributed by atoms with Gasteiger partial charge < -0.3 is 14.8 Å². The van der Waals surface area contributed by atoms with Gasteiger partial charge in [-0.25, -0.2) is 17.2 Å². The van der Waals surface area contributed by atoms with E-state index in [-0.39, 0.29) is 41.1 Å². The standard InChI is InChI=1S/C20H22F2N2O5S/c1-13(2)29-19-4-3-17(30(26,27)24-5-7-28-8-6-24)12-18(19)23-20(25)14-9-15(21)11-16(22)10-14/h3-4,9-13H,5-8H2,1-2H3,(H,23,25). The summed E-state index contributed by atoms with van der Waals surface area (Å²) in [5.41, 5.74) is -0.169. The second-order valence-electron chi connectivity index (χ2n) is 6.95. The number of carbonyl (C=O) groups is 1. The second-order valence-corrected chi connectivity index (χ2v) is 8.89. The number of halogens is 2. The number of amides is 1. The average Bonchev–Trinajstić information content (AvgIpc) is 2.68. The molecule has 1 heterocycles. The normalized spacial score (nSPS) is 15.2. The van der Waals surface area contributed by atoms with Gasteiger partial charge in [-0.15, -0.1) is 0 Å². The topological polar surface area (TPSA) is 84.9 Å². The first-order chi connectivity index (χ1) is 14.2. The summed E-state index contributed by atoms with van der Waals surface area (Å²) in [7, 11) is -3.82. The molecule has 1 saturated heterocycles. The Morgan fingerprint density at radius 2 is 1.73 bits per heavy atom. The zero-order valence-corrected chi connectivity index (χ0v) is 17.3. The monoisotopic (exact) mass is 440 g/mol. The number of carbonyl (C=O) groups excluding carboxylic acids is 1. The van der Waals surface area contributed by atoms with E-state index in [2.05, 4.69) is 5.32 Å². The van der Waals surface area contributed by atoms with E-state index < -0.39 is 27.6 Å². The van der Waals surface area contributed by atoms with Crippen LogP contribution in [-0.4, -0.2) is 51.0 Å². The third-order valence-corrected chi connectivity index (χ3v) is 6.19. The van der Waals surface area contributed by atoms with Crippen molar-refractivity contribution in [2.45, 2.75) is 24.8 Å². The van der Waals surface area contributed by atoms with E-state index in [1.54, 1.807) is 13.8 Å².